The fourth-order valence-electron chi connectivity index (χ4n) is 2.62. The lowest BCUT2D eigenvalue weighted by molar-refractivity contribution is 0.248. The van der Waals surface area contributed by atoms with Crippen molar-refractivity contribution in [1.82, 2.24) is 9.88 Å². The minimum Gasteiger partial charge on any atom is -0.352 e. The van der Waals surface area contributed by atoms with Gasteiger partial charge in [0, 0.05) is 36.6 Å². The molecular formula is C17H23N3O. The number of aryl methyl sites for hydroxylation is 1. The lowest BCUT2D eigenvalue weighted by Gasteiger charge is -2.15. The van der Waals surface area contributed by atoms with Crippen LogP contribution in [0.1, 0.15) is 31.7 Å². The van der Waals surface area contributed by atoms with E-state index in [-0.39, 0.29) is 5.92 Å². The van der Waals surface area contributed by atoms with Crippen LogP contribution in [0.25, 0.3) is 10.9 Å². The molecule has 0 aliphatic rings. The van der Waals surface area contributed by atoms with Gasteiger partial charge in [-0.25, -0.2) is 4.79 Å². The molecule has 1 aromatic carbocycles. The lowest BCUT2D eigenvalue weighted by atomic mass is 9.94. The molecule has 1 heterocycles. The first kappa shape index (κ1) is 15.2. The summed E-state index contributed by atoms with van der Waals surface area (Å²) in [6, 6.07) is 7.85. The third-order valence-electron chi connectivity index (χ3n) is 3.70. The zero-order valence-corrected chi connectivity index (χ0v) is 12.9. The predicted molar refractivity (Wildman–Crippen MR) is 87.3 cm³/mol. The number of hydrogen-bond acceptors (Lipinski definition) is 1. The number of nitrogens with zero attached hydrogens (tertiary/aromatic N) is 1. The highest BCUT2D eigenvalue weighted by Gasteiger charge is 2.16. The molecule has 3 N–H and O–H groups in total. The van der Waals surface area contributed by atoms with Crippen LogP contribution >= 0.6 is 0 Å². The van der Waals surface area contributed by atoms with Crippen molar-refractivity contribution in [2.45, 2.75) is 26.2 Å². The Hall–Kier alpha value is -2.23. The topological polar surface area (TPSA) is 60.0 Å². The number of amides is 2. The number of rotatable bonds is 5. The zero-order chi connectivity index (χ0) is 15.4. The molecule has 0 saturated carbocycles. The first-order valence-corrected chi connectivity index (χ1v) is 7.19. The largest absolute Gasteiger partial charge is 0.352 e. The van der Waals surface area contributed by atoms with Crippen LogP contribution in [0.4, 0.5) is 4.79 Å². The fourth-order valence-corrected chi connectivity index (χ4v) is 2.62. The quantitative estimate of drug-likeness (QED) is 0.814. The summed E-state index contributed by atoms with van der Waals surface area (Å²) in [5.74, 6) is 0.221. The average molecular weight is 285 g/mol. The van der Waals surface area contributed by atoms with Crippen LogP contribution in [0.5, 0.6) is 0 Å². The molecule has 2 amide bonds. The Morgan fingerprint density at radius 1 is 1.38 bits per heavy atom. The summed E-state index contributed by atoms with van der Waals surface area (Å²) in [6.45, 7) is 4.72. The molecule has 4 nitrogen and oxygen atoms in total. The van der Waals surface area contributed by atoms with E-state index in [0.717, 1.165) is 6.42 Å². The van der Waals surface area contributed by atoms with Crippen LogP contribution in [-0.2, 0) is 7.05 Å². The molecule has 0 fully saturated rings. The monoisotopic (exact) mass is 285 g/mol. The molecule has 0 bridgehead atoms. The minimum absolute atomic E-state index is 0.221. The Morgan fingerprint density at radius 2 is 2.10 bits per heavy atom. The number of urea groups is 1. The van der Waals surface area contributed by atoms with Gasteiger partial charge in [0.25, 0.3) is 0 Å². The molecule has 1 aromatic heterocycles. The Morgan fingerprint density at radius 3 is 2.76 bits per heavy atom. The van der Waals surface area contributed by atoms with Gasteiger partial charge in [0.05, 0.1) is 0 Å². The van der Waals surface area contributed by atoms with Crippen molar-refractivity contribution in [2.24, 2.45) is 12.8 Å². The molecule has 1 atom stereocenters. The van der Waals surface area contributed by atoms with Crippen molar-refractivity contribution < 1.29 is 4.79 Å². The highest BCUT2D eigenvalue weighted by Crippen LogP contribution is 2.29. The third-order valence-corrected chi connectivity index (χ3v) is 3.70. The number of benzene rings is 1. The second kappa shape index (κ2) is 6.48. The number of carbonyl (C=O) groups excluding carboxylic acids is 1. The molecule has 1 unspecified atom stereocenters. The van der Waals surface area contributed by atoms with Crippen molar-refractivity contribution >= 4 is 16.9 Å². The Labute approximate surface area is 125 Å². The molecule has 2 rings (SSSR count). The van der Waals surface area contributed by atoms with Gasteiger partial charge in [-0.15, -0.1) is 0 Å². The summed E-state index contributed by atoms with van der Waals surface area (Å²) in [5.41, 5.74) is 8.95. The van der Waals surface area contributed by atoms with Gasteiger partial charge in [-0.1, -0.05) is 29.8 Å². The highest BCUT2D eigenvalue weighted by atomic mass is 16.2. The van der Waals surface area contributed by atoms with Crippen LogP contribution in [0.2, 0.25) is 0 Å². The summed E-state index contributed by atoms with van der Waals surface area (Å²) in [6.07, 6.45) is 5.24. The Kier molecular flexibility index (Phi) is 4.68. The number of carbonyl (C=O) groups is 1. The van der Waals surface area contributed by atoms with Crippen LogP contribution in [0, 0.1) is 0 Å². The van der Waals surface area contributed by atoms with Gasteiger partial charge in [0.2, 0.25) is 0 Å². The van der Waals surface area contributed by atoms with E-state index in [1.165, 1.54) is 22.0 Å². The van der Waals surface area contributed by atoms with E-state index >= 15 is 0 Å². The normalized spacial score (nSPS) is 12.1. The molecular weight excluding hydrogens is 262 g/mol. The number of allylic oxidation sites excluding steroid dienone is 2. The van der Waals surface area contributed by atoms with Crippen LogP contribution in [-0.4, -0.2) is 17.1 Å². The van der Waals surface area contributed by atoms with E-state index in [2.05, 4.69) is 48.1 Å². The third kappa shape index (κ3) is 3.66. The van der Waals surface area contributed by atoms with Crippen molar-refractivity contribution in [2.75, 3.05) is 6.54 Å². The number of aromatic nitrogens is 1. The van der Waals surface area contributed by atoms with Gasteiger partial charge < -0.3 is 15.6 Å². The number of nitrogens with one attached hydrogen (secondary N) is 1. The summed E-state index contributed by atoms with van der Waals surface area (Å²) >= 11 is 0. The molecule has 0 spiro atoms. The van der Waals surface area contributed by atoms with E-state index in [1.54, 1.807) is 0 Å². The van der Waals surface area contributed by atoms with Gasteiger partial charge in [-0.05, 0) is 31.9 Å². The van der Waals surface area contributed by atoms with Gasteiger partial charge in [-0.3, -0.25) is 0 Å². The maximum absolute atomic E-state index is 11.0. The minimum atomic E-state index is -0.475. The van der Waals surface area contributed by atoms with E-state index in [0.29, 0.717) is 6.54 Å². The van der Waals surface area contributed by atoms with Crippen molar-refractivity contribution in [3.63, 3.8) is 0 Å². The molecule has 0 radical (unpaired) electrons. The molecule has 0 aliphatic carbocycles. The summed E-state index contributed by atoms with van der Waals surface area (Å²) in [7, 11) is 2.05. The second-order valence-electron chi connectivity index (χ2n) is 5.67. The van der Waals surface area contributed by atoms with Gasteiger partial charge in [0.15, 0.2) is 0 Å². The van der Waals surface area contributed by atoms with Gasteiger partial charge >= 0.3 is 6.03 Å². The predicted octanol–water partition coefficient (Wildman–Crippen LogP) is 3.29. The average Bonchev–Trinajstić information content (AvgIpc) is 2.76. The smallest absolute Gasteiger partial charge is 0.312 e. The van der Waals surface area contributed by atoms with Gasteiger partial charge in [0.1, 0.15) is 0 Å². The summed E-state index contributed by atoms with van der Waals surface area (Å²) in [4.78, 5) is 11.0. The number of nitrogens with two attached hydrogens (primary N) is 1. The van der Waals surface area contributed by atoms with Crippen molar-refractivity contribution in [3.05, 3.63) is 47.7 Å². The van der Waals surface area contributed by atoms with Crippen LogP contribution in [0.3, 0.4) is 0 Å². The molecule has 2 aromatic rings. The Balaban J connectivity index is 2.37. The van der Waals surface area contributed by atoms with Gasteiger partial charge in [-0.2, -0.15) is 0 Å². The molecule has 0 aliphatic heterocycles. The van der Waals surface area contributed by atoms with Crippen molar-refractivity contribution in [3.8, 4) is 0 Å². The lowest BCUT2D eigenvalue weighted by Crippen LogP contribution is -2.32. The first-order chi connectivity index (χ1) is 9.99. The Bertz CT molecular complexity index is 666. The standard InChI is InChI=1S/C17H23N3O/c1-12(2)8-9-13(10-19-17(18)21)15-11-20(3)16-7-5-4-6-14(15)16/h4-8,11,13H,9-10H2,1-3H3,(H3,18,19,21). The van der Waals surface area contributed by atoms with E-state index in [1.807, 2.05) is 19.2 Å². The highest BCUT2D eigenvalue weighted by molar-refractivity contribution is 5.84. The zero-order valence-electron chi connectivity index (χ0n) is 12.9. The number of para-hydroxylation sites is 1. The molecule has 21 heavy (non-hydrogen) atoms. The fraction of sp³-hybridized carbons (Fsp3) is 0.353. The summed E-state index contributed by atoms with van der Waals surface area (Å²) < 4.78 is 2.13. The van der Waals surface area contributed by atoms with Crippen LogP contribution in [0.15, 0.2) is 42.1 Å². The van der Waals surface area contributed by atoms with Crippen molar-refractivity contribution in [1.29, 1.82) is 0 Å². The van der Waals surface area contributed by atoms with E-state index in [4.69, 9.17) is 5.73 Å². The van der Waals surface area contributed by atoms with E-state index < -0.39 is 6.03 Å². The number of hydrogen-bond donors (Lipinski definition) is 2. The maximum atomic E-state index is 11.0. The SMILES string of the molecule is CC(C)=CCC(CNC(N)=O)c1cn(C)c2ccccc12. The number of primary amides is 1. The van der Waals surface area contributed by atoms with E-state index in [9.17, 15) is 4.79 Å². The van der Waals surface area contributed by atoms with Crippen LogP contribution < -0.4 is 11.1 Å². The maximum Gasteiger partial charge on any atom is 0.312 e. The molecule has 112 valence electrons. The second-order valence-corrected chi connectivity index (χ2v) is 5.67. The molecule has 4 heteroatoms. The first-order valence-electron chi connectivity index (χ1n) is 7.19. The summed E-state index contributed by atoms with van der Waals surface area (Å²) in [5, 5.41) is 3.98. The number of fused-ring (bicyclic) bond motifs is 1. The molecule has 0 saturated heterocycles.